The number of benzene rings is 1. The lowest BCUT2D eigenvalue weighted by molar-refractivity contribution is 0.427. The maximum Gasteiger partial charge on any atom is 0.243 e. The summed E-state index contributed by atoms with van der Waals surface area (Å²) in [5.74, 6) is -0.196. The van der Waals surface area contributed by atoms with Crippen LogP contribution in [0.5, 0.6) is 0 Å². The number of fused-ring (bicyclic) bond motifs is 1. The fourth-order valence-corrected chi connectivity index (χ4v) is 4.92. The number of hydrogen-bond acceptors (Lipinski definition) is 4. The largest absolute Gasteiger partial charge is 0.327 e. The molecule has 8 heteroatoms. The zero-order valence-corrected chi connectivity index (χ0v) is 13.4. The van der Waals surface area contributed by atoms with Gasteiger partial charge in [-0.25, -0.2) is 12.8 Å². The monoisotopic (exact) mass is 345 g/mol. The first-order valence-electron chi connectivity index (χ1n) is 6.89. The van der Waals surface area contributed by atoms with E-state index in [1.807, 2.05) is 0 Å². The predicted molar refractivity (Wildman–Crippen MR) is 81.3 cm³/mol. The zero-order chi connectivity index (χ0) is 15.2. The molecule has 1 saturated carbocycles. The molecule has 3 unspecified atom stereocenters. The van der Waals surface area contributed by atoms with Crippen LogP contribution in [0.3, 0.4) is 0 Å². The van der Waals surface area contributed by atoms with Crippen molar-refractivity contribution in [3.05, 3.63) is 29.6 Å². The van der Waals surface area contributed by atoms with Gasteiger partial charge in [0, 0.05) is 19.1 Å². The molecule has 22 heavy (non-hydrogen) atoms. The average molecular weight is 346 g/mol. The highest BCUT2D eigenvalue weighted by Crippen LogP contribution is 2.39. The number of rotatable bonds is 2. The molecule has 0 radical (unpaired) electrons. The molecule has 1 aliphatic heterocycles. The Morgan fingerprint density at radius 3 is 2.68 bits per heavy atom. The second-order valence-electron chi connectivity index (χ2n) is 5.74. The van der Waals surface area contributed by atoms with E-state index in [0.29, 0.717) is 19.0 Å². The minimum Gasteiger partial charge on any atom is -0.327 e. The highest BCUT2D eigenvalue weighted by Gasteiger charge is 2.45. The van der Waals surface area contributed by atoms with Crippen molar-refractivity contribution in [3.8, 4) is 6.07 Å². The first-order chi connectivity index (χ1) is 9.93. The minimum atomic E-state index is -3.69. The predicted octanol–water partition coefficient (Wildman–Crippen LogP) is 1.48. The molecule has 3 atom stereocenters. The number of halogens is 2. The summed E-state index contributed by atoms with van der Waals surface area (Å²) in [6.07, 6.45) is 1.89. The molecular formula is C14H17ClFN3O2S. The molecule has 0 amide bonds. The summed E-state index contributed by atoms with van der Waals surface area (Å²) in [6.45, 7) is 0.868. The Morgan fingerprint density at radius 1 is 1.32 bits per heavy atom. The Morgan fingerprint density at radius 2 is 2.05 bits per heavy atom. The highest BCUT2D eigenvalue weighted by atomic mass is 35.5. The van der Waals surface area contributed by atoms with Crippen LogP contribution in [-0.4, -0.2) is 31.9 Å². The molecular weight excluding hydrogens is 329 g/mol. The second kappa shape index (κ2) is 6.13. The van der Waals surface area contributed by atoms with Crippen molar-refractivity contribution in [2.75, 3.05) is 13.1 Å². The van der Waals surface area contributed by atoms with E-state index in [2.05, 4.69) is 0 Å². The van der Waals surface area contributed by atoms with Gasteiger partial charge >= 0.3 is 0 Å². The van der Waals surface area contributed by atoms with Crippen LogP contribution in [0.2, 0.25) is 0 Å². The SMILES string of the molecule is Cl.N#Cc1cc(S(=O)(=O)N2CC3CCC(N)C3C2)ccc1F. The minimum absolute atomic E-state index is 0. The molecule has 0 bridgehead atoms. The maximum absolute atomic E-state index is 13.3. The number of nitrogens with two attached hydrogens (primary N) is 1. The van der Waals surface area contributed by atoms with Gasteiger partial charge in [-0.1, -0.05) is 0 Å². The Bertz CT molecular complexity index is 719. The van der Waals surface area contributed by atoms with Crippen molar-refractivity contribution in [1.82, 2.24) is 4.31 Å². The van der Waals surface area contributed by atoms with Crippen LogP contribution >= 0.6 is 12.4 Å². The van der Waals surface area contributed by atoms with Crippen LogP contribution in [0.25, 0.3) is 0 Å². The number of hydrogen-bond donors (Lipinski definition) is 1. The van der Waals surface area contributed by atoms with E-state index in [9.17, 15) is 12.8 Å². The van der Waals surface area contributed by atoms with Crippen molar-refractivity contribution < 1.29 is 12.8 Å². The number of nitrogens with zero attached hydrogens (tertiary/aromatic N) is 2. The summed E-state index contributed by atoms with van der Waals surface area (Å²) < 4.78 is 39.9. The van der Waals surface area contributed by atoms with Crippen molar-refractivity contribution in [2.24, 2.45) is 17.6 Å². The smallest absolute Gasteiger partial charge is 0.243 e. The van der Waals surface area contributed by atoms with Crippen LogP contribution < -0.4 is 5.73 Å². The van der Waals surface area contributed by atoms with Crippen molar-refractivity contribution in [2.45, 2.75) is 23.8 Å². The molecule has 1 aromatic rings. The van der Waals surface area contributed by atoms with E-state index in [1.54, 1.807) is 6.07 Å². The van der Waals surface area contributed by atoms with Crippen LogP contribution in [-0.2, 0) is 10.0 Å². The fraction of sp³-hybridized carbons (Fsp3) is 0.500. The lowest BCUT2D eigenvalue weighted by atomic mass is 9.98. The van der Waals surface area contributed by atoms with E-state index in [4.69, 9.17) is 11.0 Å². The van der Waals surface area contributed by atoms with Crippen LogP contribution in [0.4, 0.5) is 4.39 Å². The van der Waals surface area contributed by atoms with Crippen LogP contribution in [0.1, 0.15) is 18.4 Å². The van der Waals surface area contributed by atoms with Crippen molar-refractivity contribution in [3.63, 3.8) is 0 Å². The van der Waals surface area contributed by atoms with Gasteiger partial charge in [-0.2, -0.15) is 9.57 Å². The summed E-state index contributed by atoms with van der Waals surface area (Å²) in [5, 5.41) is 8.83. The molecule has 1 aromatic carbocycles. The van der Waals surface area contributed by atoms with Gasteiger partial charge in [-0.05, 0) is 42.9 Å². The maximum atomic E-state index is 13.3. The lowest BCUT2D eigenvalue weighted by Crippen LogP contribution is -2.33. The van der Waals surface area contributed by atoms with Gasteiger partial charge in [0.15, 0.2) is 0 Å². The fourth-order valence-electron chi connectivity index (χ4n) is 3.36. The van der Waals surface area contributed by atoms with Crippen molar-refractivity contribution in [1.29, 1.82) is 5.26 Å². The number of nitriles is 1. The molecule has 3 rings (SSSR count). The van der Waals surface area contributed by atoms with Crippen molar-refractivity contribution >= 4 is 22.4 Å². The first kappa shape index (κ1) is 17.2. The Balaban J connectivity index is 0.00000176. The van der Waals surface area contributed by atoms with E-state index in [1.165, 1.54) is 10.4 Å². The van der Waals surface area contributed by atoms with Gasteiger partial charge in [0.25, 0.3) is 0 Å². The molecule has 0 aromatic heterocycles. The summed E-state index contributed by atoms with van der Waals surface area (Å²) >= 11 is 0. The molecule has 1 aliphatic carbocycles. The Labute approximate surface area is 135 Å². The lowest BCUT2D eigenvalue weighted by Gasteiger charge is -2.18. The van der Waals surface area contributed by atoms with E-state index in [-0.39, 0.29) is 34.8 Å². The third-order valence-electron chi connectivity index (χ3n) is 4.57. The van der Waals surface area contributed by atoms with Gasteiger partial charge < -0.3 is 5.73 Å². The topological polar surface area (TPSA) is 87.2 Å². The highest BCUT2D eigenvalue weighted by molar-refractivity contribution is 7.89. The molecule has 2 N–H and O–H groups in total. The molecule has 0 spiro atoms. The summed E-state index contributed by atoms with van der Waals surface area (Å²) in [4.78, 5) is -0.0333. The van der Waals surface area contributed by atoms with Gasteiger partial charge in [-0.15, -0.1) is 12.4 Å². The average Bonchev–Trinajstić information content (AvgIpc) is 3.02. The second-order valence-corrected chi connectivity index (χ2v) is 7.68. The molecule has 5 nitrogen and oxygen atoms in total. The quantitative estimate of drug-likeness (QED) is 0.879. The zero-order valence-electron chi connectivity index (χ0n) is 11.8. The molecule has 1 saturated heterocycles. The van der Waals surface area contributed by atoms with E-state index < -0.39 is 15.8 Å². The van der Waals surface area contributed by atoms with Crippen LogP contribution in [0, 0.1) is 29.0 Å². The van der Waals surface area contributed by atoms with Gasteiger partial charge in [0.1, 0.15) is 11.9 Å². The first-order valence-corrected chi connectivity index (χ1v) is 8.33. The summed E-state index contributed by atoms with van der Waals surface area (Å²) in [7, 11) is -3.69. The molecule has 2 aliphatic rings. The normalized spacial score (nSPS) is 28.0. The Hall–Kier alpha value is -1.20. The standard InChI is InChI=1S/C14H16FN3O2S.ClH/c15-13-3-2-11(5-10(13)6-16)21(19,20)18-7-9-1-4-14(17)12(9)8-18;/h2-3,5,9,12,14H,1,4,7-8,17H2;1H. The third kappa shape index (κ3) is 2.72. The van der Waals surface area contributed by atoms with E-state index >= 15 is 0 Å². The number of sulfonamides is 1. The van der Waals surface area contributed by atoms with Gasteiger partial charge in [0.05, 0.1) is 10.5 Å². The summed E-state index contributed by atoms with van der Waals surface area (Å²) in [5.41, 5.74) is 5.76. The van der Waals surface area contributed by atoms with E-state index in [0.717, 1.165) is 25.0 Å². The molecule has 1 heterocycles. The van der Waals surface area contributed by atoms with Gasteiger partial charge in [0.2, 0.25) is 10.0 Å². The van der Waals surface area contributed by atoms with Gasteiger partial charge in [-0.3, -0.25) is 0 Å². The third-order valence-corrected chi connectivity index (χ3v) is 6.40. The Kier molecular flexibility index (Phi) is 4.78. The molecule has 120 valence electrons. The molecule has 2 fully saturated rings. The van der Waals surface area contributed by atoms with Crippen LogP contribution in [0.15, 0.2) is 23.1 Å². The summed E-state index contributed by atoms with van der Waals surface area (Å²) in [6, 6.07) is 5.05.